The molecule has 0 aliphatic rings. The molecule has 292 valence electrons. The molecule has 0 bridgehead atoms. The van der Waals surface area contributed by atoms with Gasteiger partial charge >= 0.3 is 0 Å². The molecule has 0 saturated carbocycles. The fourth-order valence-corrected chi connectivity index (χ4v) is 7.28. The number of nitrogens with zero attached hydrogens (tertiary/aromatic N) is 2. The SMILES string of the molecule is CCCCCCCCCCCCCCCCOc1ccc(/N=N/c2c(CC)cc(-c3ccc(-c4ccc(OCC)cc4)cc3)cc2CC)cc1C(C)CC. The maximum Gasteiger partial charge on any atom is 0.122 e. The van der Waals surface area contributed by atoms with E-state index in [1.54, 1.807) is 0 Å². The van der Waals surface area contributed by atoms with Crippen molar-refractivity contribution in [3.63, 3.8) is 0 Å². The van der Waals surface area contributed by atoms with Crippen LogP contribution in [0.25, 0.3) is 22.3 Å². The minimum atomic E-state index is 0.393. The van der Waals surface area contributed by atoms with Crippen LogP contribution in [0.1, 0.15) is 160 Å². The van der Waals surface area contributed by atoms with Gasteiger partial charge in [0.25, 0.3) is 0 Å². The van der Waals surface area contributed by atoms with Crippen molar-refractivity contribution < 1.29 is 9.47 Å². The fraction of sp³-hybridized carbons (Fsp3) is 0.520. The average Bonchev–Trinajstić information content (AvgIpc) is 3.21. The molecule has 4 aromatic carbocycles. The van der Waals surface area contributed by atoms with Gasteiger partial charge < -0.3 is 9.47 Å². The van der Waals surface area contributed by atoms with Crippen molar-refractivity contribution >= 4 is 11.4 Å². The normalized spacial score (nSPS) is 12.0. The van der Waals surface area contributed by atoms with Gasteiger partial charge in [-0.05, 0) is 120 Å². The molecule has 0 amide bonds. The molecule has 0 spiro atoms. The largest absolute Gasteiger partial charge is 0.494 e. The van der Waals surface area contributed by atoms with E-state index in [-0.39, 0.29) is 0 Å². The zero-order valence-corrected chi connectivity index (χ0v) is 34.7. The number of benzene rings is 4. The highest BCUT2D eigenvalue weighted by Gasteiger charge is 2.14. The molecule has 54 heavy (non-hydrogen) atoms. The molecule has 4 heteroatoms. The topological polar surface area (TPSA) is 43.2 Å². The lowest BCUT2D eigenvalue weighted by molar-refractivity contribution is 0.299. The van der Waals surface area contributed by atoms with Crippen molar-refractivity contribution in [1.82, 2.24) is 0 Å². The summed E-state index contributed by atoms with van der Waals surface area (Å²) in [7, 11) is 0. The Morgan fingerprint density at radius 2 is 1.00 bits per heavy atom. The van der Waals surface area contributed by atoms with Gasteiger partial charge in [-0.25, -0.2) is 0 Å². The smallest absolute Gasteiger partial charge is 0.122 e. The minimum Gasteiger partial charge on any atom is -0.494 e. The number of unbranched alkanes of at least 4 members (excludes halogenated alkanes) is 13. The summed E-state index contributed by atoms with van der Waals surface area (Å²) in [5.41, 5.74) is 10.4. The first-order chi connectivity index (χ1) is 26.5. The van der Waals surface area contributed by atoms with E-state index in [0.717, 1.165) is 55.2 Å². The van der Waals surface area contributed by atoms with E-state index < -0.39 is 0 Å². The molecule has 0 fully saturated rings. The van der Waals surface area contributed by atoms with Gasteiger partial charge in [-0.2, -0.15) is 5.11 Å². The van der Waals surface area contributed by atoms with E-state index in [9.17, 15) is 0 Å². The molecular formula is C50H70N2O2. The Bertz CT molecular complexity index is 1630. The zero-order chi connectivity index (χ0) is 38.4. The van der Waals surface area contributed by atoms with Crippen LogP contribution in [0, 0.1) is 0 Å². The molecule has 0 aromatic heterocycles. The first kappa shape index (κ1) is 42.8. The Balaban J connectivity index is 1.32. The van der Waals surface area contributed by atoms with Crippen LogP contribution in [-0.4, -0.2) is 13.2 Å². The monoisotopic (exact) mass is 731 g/mol. The summed E-state index contributed by atoms with van der Waals surface area (Å²) in [4.78, 5) is 0. The summed E-state index contributed by atoms with van der Waals surface area (Å²) >= 11 is 0. The molecule has 1 unspecified atom stereocenters. The van der Waals surface area contributed by atoms with Crippen molar-refractivity contribution in [2.45, 2.75) is 157 Å². The van der Waals surface area contributed by atoms with Crippen LogP contribution in [0.15, 0.2) is 89.1 Å². The van der Waals surface area contributed by atoms with Crippen molar-refractivity contribution in [1.29, 1.82) is 0 Å². The number of hydrogen-bond donors (Lipinski definition) is 0. The lowest BCUT2D eigenvalue weighted by atomic mass is 9.94. The third-order valence-corrected chi connectivity index (χ3v) is 10.9. The van der Waals surface area contributed by atoms with Gasteiger partial charge in [0.15, 0.2) is 0 Å². The maximum absolute atomic E-state index is 6.38. The molecule has 4 aromatic rings. The van der Waals surface area contributed by atoms with E-state index in [1.807, 2.05) is 19.1 Å². The quantitative estimate of drug-likeness (QED) is 0.0477. The van der Waals surface area contributed by atoms with Crippen LogP contribution in [0.4, 0.5) is 11.4 Å². The van der Waals surface area contributed by atoms with Crippen LogP contribution >= 0.6 is 0 Å². The van der Waals surface area contributed by atoms with Crippen molar-refractivity contribution in [3.8, 4) is 33.8 Å². The van der Waals surface area contributed by atoms with Crippen molar-refractivity contribution in [3.05, 3.63) is 95.6 Å². The van der Waals surface area contributed by atoms with E-state index in [4.69, 9.17) is 19.7 Å². The summed E-state index contributed by atoms with van der Waals surface area (Å²) in [6.45, 7) is 14.7. The van der Waals surface area contributed by atoms with Gasteiger partial charge in [0.1, 0.15) is 11.5 Å². The third-order valence-electron chi connectivity index (χ3n) is 10.9. The summed E-state index contributed by atoms with van der Waals surface area (Å²) in [6.07, 6.45) is 22.0. The van der Waals surface area contributed by atoms with Crippen LogP contribution in [0.2, 0.25) is 0 Å². The second-order valence-electron chi connectivity index (χ2n) is 15.1. The summed E-state index contributed by atoms with van der Waals surface area (Å²) in [5.74, 6) is 2.30. The van der Waals surface area contributed by atoms with Crippen LogP contribution < -0.4 is 9.47 Å². The number of aryl methyl sites for hydroxylation is 2. The van der Waals surface area contributed by atoms with E-state index in [1.165, 1.54) is 122 Å². The Morgan fingerprint density at radius 3 is 1.50 bits per heavy atom. The molecular weight excluding hydrogens is 661 g/mol. The lowest BCUT2D eigenvalue weighted by Gasteiger charge is -2.16. The minimum absolute atomic E-state index is 0.393. The average molecular weight is 731 g/mol. The Labute approximate surface area is 329 Å². The number of rotatable bonds is 26. The fourth-order valence-electron chi connectivity index (χ4n) is 7.28. The third kappa shape index (κ3) is 13.7. The van der Waals surface area contributed by atoms with Gasteiger partial charge in [-0.15, -0.1) is 5.11 Å². The van der Waals surface area contributed by atoms with Crippen LogP contribution in [0.3, 0.4) is 0 Å². The predicted octanol–water partition coefficient (Wildman–Crippen LogP) is 16.3. The Kier molecular flexibility index (Phi) is 19.4. The molecule has 4 nitrogen and oxygen atoms in total. The Morgan fingerprint density at radius 1 is 0.500 bits per heavy atom. The standard InChI is InChI=1S/C50H70N2O2/c1-7-12-13-14-15-16-17-18-19-20-21-22-23-24-35-54-49-34-31-46(38-48(49)39(6)8-2)51-52-50-40(9-3)36-45(37-41(50)10-4)44-27-25-42(26-28-44)43-29-32-47(33-30-43)53-11-5/h25-34,36-39H,7-24,35H2,1-6H3/b52-51+. The highest BCUT2D eigenvalue weighted by atomic mass is 16.5. The van der Waals surface area contributed by atoms with E-state index >= 15 is 0 Å². The molecule has 4 rings (SSSR count). The van der Waals surface area contributed by atoms with E-state index in [0.29, 0.717) is 12.5 Å². The van der Waals surface area contributed by atoms with Crippen LogP contribution in [-0.2, 0) is 12.8 Å². The van der Waals surface area contributed by atoms with Gasteiger partial charge in [0, 0.05) is 0 Å². The first-order valence-corrected chi connectivity index (χ1v) is 21.7. The number of azo groups is 1. The Hall–Kier alpha value is -3.92. The van der Waals surface area contributed by atoms with E-state index in [2.05, 4.69) is 101 Å². The lowest BCUT2D eigenvalue weighted by Crippen LogP contribution is -2.02. The van der Waals surface area contributed by atoms with Gasteiger partial charge in [0.2, 0.25) is 0 Å². The summed E-state index contributed by atoms with van der Waals surface area (Å²) < 4.78 is 12.0. The first-order valence-electron chi connectivity index (χ1n) is 21.7. The molecule has 1 atom stereocenters. The van der Waals surface area contributed by atoms with Gasteiger partial charge in [-0.3, -0.25) is 0 Å². The maximum atomic E-state index is 6.38. The second kappa shape index (κ2) is 24.5. The molecule has 0 aliphatic heterocycles. The van der Waals surface area contributed by atoms with Crippen molar-refractivity contribution in [2.24, 2.45) is 10.2 Å². The van der Waals surface area contributed by atoms with Crippen molar-refractivity contribution in [2.75, 3.05) is 13.2 Å². The molecule has 0 radical (unpaired) electrons. The summed E-state index contributed by atoms with van der Waals surface area (Å²) in [5, 5.41) is 9.72. The van der Waals surface area contributed by atoms with Gasteiger partial charge in [-0.1, -0.05) is 154 Å². The number of ether oxygens (including phenoxy) is 2. The highest BCUT2D eigenvalue weighted by molar-refractivity contribution is 5.74. The second-order valence-corrected chi connectivity index (χ2v) is 15.1. The molecule has 0 aliphatic carbocycles. The highest BCUT2D eigenvalue weighted by Crippen LogP contribution is 2.37. The van der Waals surface area contributed by atoms with Gasteiger partial charge in [0.05, 0.1) is 24.6 Å². The van der Waals surface area contributed by atoms with Crippen LogP contribution in [0.5, 0.6) is 11.5 Å². The molecule has 0 N–H and O–H groups in total. The summed E-state index contributed by atoms with van der Waals surface area (Å²) in [6, 6.07) is 28.1. The predicted molar refractivity (Wildman–Crippen MR) is 232 cm³/mol. The number of hydrogen-bond acceptors (Lipinski definition) is 4. The molecule has 0 heterocycles. The zero-order valence-electron chi connectivity index (χ0n) is 34.7. The molecule has 0 saturated heterocycles.